The van der Waals surface area contributed by atoms with E-state index >= 15 is 0 Å². The van der Waals surface area contributed by atoms with E-state index in [2.05, 4.69) is 5.32 Å². The van der Waals surface area contributed by atoms with Crippen molar-refractivity contribution in [2.45, 2.75) is 6.92 Å². The van der Waals surface area contributed by atoms with Crippen molar-refractivity contribution in [2.24, 2.45) is 0 Å². The molecule has 0 atom stereocenters. The second kappa shape index (κ2) is 6.11. The number of carbonyl (C=O) groups excluding carboxylic acids is 1. The molecule has 0 unspecified atom stereocenters. The summed E-state index contributed by atoms with van der Waals surface area (Å²) in [6.07, 6.45) is 0. The Morgan fingerprint density at radius 2 is 1.77 bits per heavy atom. The molecule has 0 saturated carbocycles. The minimum absolute atomic E-state index is 0.0907. The van der Waals surface area contributed by atoms with Crippen molar-refractivity contribution >= 4 is 33.5 Å². The van der Waals surface area contributed by atoms with Gasteiger partial charge in [-0.25, -0.2) is 4.39 Å². The van der Waals surface area contributed by atoms with E-state index in [1.807, 2.05) is 19.1 Å². The Morgan fingerprint density at radius 3 is 2.54 bits per heavy atom. The topological polar surface area (TPSA) is 59.3 Å². The van der Waals surface area contributed by atoms with E-state index in [9.17, 15) is 14.0 Å². The van der Waals surface area contributed by atoms with Crippen LogP contribution in [-0.2, 0) is 0 Å². The molecule has 1 N–H and O–H groups in total. The minimum Gasteiger partial charge on any atom is -0.453 e. The molecule has 0 bridgehead atoms. The number of halogens is 1. The van der Waals surface area contributed by atoms with Crippen LogP contribution in [0, 0.1) is 12.7 Å². The molecular formula is C21H14FNO3. The number of hydrogen-bond donors (Lipinski definition) is 1. The van der Waals surface area contributed by atoms with Gasteiger partial charge in [-0.05, 0) is 43.3 Å². The smallest absolute Gasteiger partial charge is 0.255 e. The number of aryl methyl sites for hydroxylation is 1. The molecule has 1 amide bonds. The van der Waals surface area contributed by atoms with Crippen LogP contribution in [0.1, 0.15) is 15.9 Å². The van der Waals surface area contributed by atoms with E-state index < -0.39 is 5.82 Å². The molecule has 0 aliphatic carbocycles. The van der Waals surface area contributed by atoms with E-state index in [1.54, 1.807) is 24.3 Å². The van der Waals surface area contributed by atoms with E-state index in [1.165, 1.54) is 24.3 Å². The van der Waals surface area contributed by atoms with Gasteiger partial charge in [0, 0.05) is 17.3 Å². The van der Waals surface area contributed by atoms with Crippen molar-refractivity contribution in [1.82, 2.24) is 0 Å². The molecule has 0 radical (unpaired) electrons. The van der Waals surface area contributed by atoms with Crippen LogP contribution in [0.3, 0.4) is 0 Å². The van der Waals surface area contributed by atoms with Gasteiger partial charge >= 0.3 is 0 Å². The minimum atomic E-state index is -0.601. The van der Waals surface area contributed by atoms with Crippen LogP contribution >= 0.6 is 0 Å². The molecule has 0 aliphatic heterocycles. The highest BCUT2D eigenvalue weighted by atomic mass is 19.1. The lowest BCUT2D eigenvalue weighted by Crippen LogP contribution is -2.12. The average molecular weight is 347 g/mol. The van der Waals surface area contributed by atoms with Crippen molar-refractivity contribution < 1.29 is 13.6 Å². The summed E-state index contributed by atoms with van der Waals surface area (Å²) < 4.78 is 19.5. The Hall–Kier alpha value is -3.47. The molecule has 3 aromatic carbocycles. The summed E-state index contributed by atoms with van der Waals surface area (Å²) in [5, 5.41) is 3.28. The molecule has 4 aromatic rings. The van der Waals surface area contributed by atoms with Crippen molar-refractivity contribution in [1.29, 1.82) is 0 Å². The summed E-state index contributed by atoms with van der Waals surface area (Å²) in [5.41, 5.74) is 1.85. The zero-order valence-electron chi connectivity index (χ0n) is 13.9. The predicted molar refractivity (Wildman–Crippen MR) is 99.1 cm³/mol. The van der Waals surface area contributed by atoms with Crippen LogP contribution in [0.4, 0.5) is 10.1 Å². The molecule has 0 saturated heterocycles. The molecule has 26 heavy (non-hydrogen) atoms. The van der Waals surface area contributed by atoms with Crippen LogP contribution in [0.25, 0.3) is 21.9 Å². The molecular weight excluding hydrogens is 333 g/mol. The van der Waals surface area contributed by atoms with Crippen LogP contribution in [0.15, 0.2) is 69.9 Å². The van der Waals surface area contributed by atoms with Gasteiger partial charge in [-0.3, -0.25) is 9.59 Å². The lowest BCUT2D eigenvalue weighted by Gasteiger charge is -2.07. The van der Waals surface area contributed by atoms with Gasteiger partial charge in [0.2, 0.25) is 5.43 Å². The maximum absolute atomic E-state index is 14.0. The monoisotopic (exact) mass is 347 g/mol. The van der Waals surface area contributed by atoms with Crippen LogP contribution in [0.5, 0.6) is 0 Å². The number of amides is 1. The fourth-order valence-corrected chi connectivity index (χ4v) is 2.83. The predicted octanol–water partition coefficient (Wildman–Crippen LogP) is 4.65. The quantitative estimate of drug-likeness (QED) is 0.537. The van der Waals surface area contributed by atoms with Crippen LogP contribution in [-0.4, -0.2) is 5.91 Å². The van der Waals surface area contributed by atoms with Gasteiger partial charge in [0.15, 0.2) is 11.4 Å². The Morgan fingerprint density at radius 1 is 1.00 bits per heavy atom. The summed E-state index contributed by atoms with van der Waals surface area (Å²) in [5.74, 6) is -0.880. The van der Waals surface area contributed by atoms with Crippen molar-refractivity contribution in [3.05, 3.63) is 87.8 Å². The van der Waals surface area contributed by atoms with Crippen LogP contribution < -0.4 is 10.7 Å². The van der Waals surface area contributed by atoms with Crippen molar-refractivity contribution in [3.8, 4) is 0 Å². The third-order valence-corrected chi connectivity index (χ3v) is 4.22. The molecule has 0 aliphatic rings. The second-order valence-electron chi connectivity index (χ2n) is 6.08. The zero-order valence-corrected chi connectivity index (χ0v) is 13.9. The maximum Gasteiger partial charge on any atom is 0.255 e. The van der Waals surface area contributed by atoms with E-state index in [0.717, 1.165) is 5.56 Å². The Bertz CT molecular complexity index is 1210. The Labute approximate surface area is 147 Å². The fraction of sp³-hybridized carbons (Fsp3) is 0.0476. The number of hydrogen-bond acceptors (Lipinski definition) is 3. The molecule has 1 aromatic heterocycles. The van der Waals surface area contributed by atoms with Gasteiger partial charge in [-0.2, -0.15) is 0 Å². The SMILES string of the molecule is Cc1ccc(C(=O)Nc2ccc3c(=O)c4cccc(F)c4oc3c2)cc1. The molecule has 0 fully saturated rings. The summed E-state index contributed by atoms with van der Waals surface area (Å²) in [4.78, 5) is 24.8. The largest absolute Gasteiger partial charge is 0.453 e. The third kappa shape index (κ3) is 2.73. The lowest BCUT2D eigenvalue weighted by atomic mass is 10.1. The molecule has 1 heterocycles. The summed E-state index contributed by atoms with van der Waals surface area (Å²) >= 11 is 0. The zero-order chi connectivity index (χ0) is 18.3. The molecule has 128 valence electrons. The lowest BCUT2D eigenvalue weighted by molar-refractivity contribution is 0.102. The normalized spacial score (nSPS) is 11.0. The van der Waals surface area contributed by atoms with Gasteiger partial charge in [-0.15, -0.1) is 0 Å². The summed E-state index contributed by atoms with van der Waals surface area (Å²) in [6, 6.07) is 16.1. The molecule has 5 heteroatoms. The van der Waals surface area contributed by atoms with Gasteiger partial charge < -0.3 is 9.73 Å². The average Bonchev–Trinajstić information content (AvgIpc) is 2.63. The molecule has 4 rings (SSSR count). The summed E-state index contributed by atoms with van der Waals surface area (Å²) in [7, 11) is 0. The van der Waals surface area contributed by atoms with Gasteiger partial charge in [0.05, 0.1) is 10.8 Å². The first kappa shape index (κ1) is 16.0. The number of anilines is 1. The highest BCUT2D eigenvalue weighted by Crippen LogP contribution is 2.23. The second-order valence-corrected chi connectivity index (χ2v) is 6.08. The van der Waals surface area contributed by atoms with Crippen LogP contribution in [0.2, 0.25) is 0 Å². The molecule has 0 spiro atoms. The first-order chi connectivity index (χ1) is 12.5. The number of benzene rings is 3. The van der Waals surface area contributed by atoms with E-state index in [-0.39, 0.29) is 27.9 Å². The Kier molecular flexibility index (Phi) is 3.77. The highest BCUT2D eigenvalue weighted by molar-refractivity contribution is 6.05. The van der Waals surface area contributed by atoms with E-state index in [0.29, 0.717) is 16.6 Å². The number of para-hydroxylation sites is 1. The number of carbonyl (C=O) groups is 1. The van der Waals surface area contributed by atoms with Gasteiger partial charge in [0.1, 0.15) is 5.58 Å². The van der Waals surface area contributed by atoms with Gasteiger partial charge in [-0.1, -0.05) is 23.8 Å². The number of fused-ring (bicyclic) bond motifs is 2. The maximum atomic E-state index is 14.0. The Balaban J connectivity index is 1.76. The van der Waals surface area contributed by atoms with E-state index in [4.69, 9.17) is 4.42 Å². The highest BCUT2D eigenvalue weighted by Gasteiger charge is 2.12. The first-order valence-electron chi connectivity index (χ1n) is 8.06. The standard InChI is InChI=1S/C21H14FNO3/c1-12-5-7-13(8-6-12)21(25)23-14-9-10-15-18(11-14)26-20-16(19(15)24)3-2-4-17(20)22/h2-11H,1H3,(H,23,25). The van der Waals surface area contributed by atoms with Crippen molar-refractivity contribution in [2.75, 3.05) is 5.32 Å². The fourth-order valence-electron chi connectivity index (χ4n) is 2.83. The summed E-state index contributed by atoms with van der Waals surface area (Å²) in [6.45, 7) is 1.94. The first-order valence-corrected chi connectivity index (χ1v) is 8.06. The third-order valence-electron chi connectivity index (χ3n) is 4.22. The number of nitrogens with one attached hydrogen (secondary N) is 1. The van der Waals surface area contributed by atoms with Gasteiger partial charge in [0.25, 0.3) is 5.91 Å². The van der Waals surface area contributed by atoms with Crippen molar-refractivity contribution in [3.63, 3.8) is 0 Å². The molecule has 4 nitrogen and oxygen atoms in total. The number of rotatable bonds is 2.